The maximum absolute atomic E-state index is 11.6. The Hall–Kier alpha value is 0.210. The van der Waals surface area contributed by atoms with Gasteiger partial charge < -0.3 is 6.16 Å². The Morgan fingerprint density at radius 3 is 2.54 bits per heavy atom. The van der Waals surface area contributed by atoms with Gasteiger partial charge in [0, 0.05) is 6.08 Å². The van der Waals surface area contributed by atoms with E-state index in [-0.39, 0.29) is 37.0 Å². The minimum absolute atomic E-state index is 0. The molecule has 4 saturated carbocycles. The van der Waals surface area contributed by atoms with E-state index in [1.165, 1.54) is 69.8 Å². The third-order valence-electron chi connectivity index (χ3n) is 9.72. The van der Waals surface area contributed by atoms with Crippen molar-refractivity contribution >= 4 is 5.97 Å². The van der Waals surface area contributed by atoms with Gasteiger partial charge >= 0.3 is 35.5 Å². The minimum Gasteiger partial charge on any atom is -1.00 e. The molecule has 0 bridgehead atoms. The smallest absolute Gasteiger partial charge is 1.00 e. The van der Waals surface area contributed by atoms with E-state index < -0.39 is 0 Å². The molecule has 0 N–H and O–H groups in total. The summed E-state index contributed by atoms with van der Waals surface area (Å²) in [5.41, 5.74) is 2.36. The van der Waals surface area contributed by atoms with Crippen LogP contribution in [0.15, 0.2) is 11.6 Å². The molecular weight excluding hydrogens is 331 g/mol. The van der Waals surface area contributed by atoms with Gasteiger partial charge in [0.15, 0.2) is 0 Å². The molecule has 0 aromatic heterocycles. The predicted octanol–water partition coefficient (Wildman–Crippen LogP) is 2.64. The Labute approximate surface area is 182 Å². The molecule has 1 heterocycles. The van der Waals surface area contributed by atoms with E-state index in [2.05, 4.69) is 13.8 Å². The van der Waals surface area contributed by atoms with Gasteiger partial charge in [-0.25, -0.2) is 4.79 Å². The molecule has 1 aliphatic heterocycles. The molecule has 5 rings (SSSR count). The molecule has 0 amide bonds. The van der Waals surface area contributed by atoms with E-state index in [1.807, 2.05) is 6.08 Å². The van der Waals surface area contributed by atoms with Crippen molar-refractivity contribution in [3.05, 3.63) is 11.6 Å². The van der Waals surface area contributed by atoms with E-state index in [9.17, 15) is 4.79 Å². The van der Waals surface area contributed by atoms with Crippen molar-refractivity contribution in [3.8, 4) is 0 Å². The predicted molar refractivity (Wildman–Crippen MR) is 100.0 cm³/mol. The first-order chi connectivity index (χ1) is 12.0. The van der Waals surface area contributed by atoms with Gasteiger partial charge in [0.05, 0.1) is 0 Å². The molecule has 2 nitrogen and oxygen atoms in total. The number of hydrogen-bond donors (Lipinski definition) is 0. The zero-order valence-corrected chi connectivity index (χ0v) is 19.1. The van der Waals surface area contributed by atoms with Crippen LogP contribution in [0.4, 0.5) is 0 Å². The van der Waals surface area contributed by atoms with E-state index in [1.54, 1.807) is 0 Å². The maximum atomic E-state index is 11.6. The number of ether oxygens (including phenoxy) is 1. The number of carbonyl (C=O) groups is 1. The standard InChI is InChI=1S/C23H34O2.Na.H/c1-22-11-4-3-5-16(22)6-7-17-19-9-8-18(15-13-21(24)25-14-15)23(19,2)12-10-20(17)22;;/h13,16-20H,3-12,14H2,1-2H3;;/q;+1;-1/t16?,17-,18-,19?,20-,22+,23-;;/m1../s1. The maximum Gasteiger partial charge on any atom is 1.00 e. The van der Waals surface area contributed by atoms with Crippen molar-refractivity contribution in [2.45, 2.75) is 78.1 Å². The number of fused-ring (bicyclic) bond motifs is 5. The van der Waals surface area contributed by atoms with Gasteiger partial charge in [-0.2, -0.15) is 0 Å². The summed E-state index contributed by atoms with van der Waals surface area (Å²) in [6.07, 6.45) is 16.2. The van der Waals surface area contributed by atoms with Crippen molar-refractivity contribution in [1.29, 1.82) is 0 Å². The Morgan fingerprint density at radius 1 is 0.962 bits per heavy atom. The van der Waals surface area contributed by atoms with Crippen LogP contribution in [-0.4, -0.2) is 12.6 Å². The third kappa shape index (κ3) is 2.72. The summed E-state index contributed by atoms with van der Waals surface area (Å²) in [5, 5.41) is 0. The number of rotatable bonds is 1. The average molecular weight is 367 g/mol. The van der Waals surface area contributed by atoms with Gasteiger partial charge in [-0.1, -0.05) is 26.7 Å². The Balaban J connectivity index is 0.00000105. The topological polar surface area (TPSA) is 26.3 Å². The summed E-state index contributed by atoms with van der Waals surface area (Å²) in [4.78, 5) is 11.6. The first kappa shape index (κ1) is 19.5. The van der Waals surface area contributed by atoms with E-state index >= 15 is 0 Å². The summed E-state index contributed by atoms with van der Waals surface area (Å²) < 4.78 is 5.26. The van der Waals surface area contributed by atoms with Crippen LogP contribution in [0, 0.1) is 40.4 Å². The molecule has 0 spiro atoms. The van der Waals surface area contributed by atoms with Crippen LogP contribution in [0.5, 0.6) is 0 Å². The molecule has 2 unspecified atom stereocenters. The zero-order valence-electron chi connectivity index (χ0n) is 18.1. The second-order valence-electron chi connectivity index (χ2n) is 10.4. The molecule has 3 heteroatoms. The Kier molecular flexibility index (Phi) is 5.20. The molecule has 0 aromatic carbocycles. The molecule has 4 fully saturated rings. The Bertz CT molecular complexity index is 619. The normalized spacial score (nSPS) is 50.0. The fourth-order valence-electron chi connectivity index (χ4n) is 8.49. The monoisotopic (exact) mass is 366 g/mol. The van der Waals surface area contributed by atoms with Gasteiger partial charge in [0.1, 0.15) is 6.61 Å². The molecular formula is C23H35NaO2. The van der Waals surface area contributed by atoms with Gasteiger partial charge in [-0.15, -0.1) is 0 Å². The quantitative estimate of drug-likeness (QED) is 0.527. The molecule has 5 aliphatic rings. The largest absolute Gasteiger partial charge is 1.00 e. The average Bonchev–Trinajstić information content (AvgIpc) is 3.16. The first-order valence-electron chi connectivity index (χ1n) is 10.9. The van der Waals surface area contributed by atoms with Gasteiger partial charge in [-0.3, -0.25) is 0 Å². The van der Waals surface area contributed by atoms with E-state index in [0.29, 0.717) is 23.4 Å². The molecule has 4 aliphatic carbocycles. The summed E-state index contributed by atoms with van der Waals surface area (Å²) in [5.74, 6) is 4.30. The van der Waals surface area contributed by atoms with Crippen LogP contribution >= 0.6 is 0 Å². The van der Waals surface area contributed by atoms with Crippen LogP contribution in [0.3, 0.4) is 0 Å². The van der Waals surface area contributed by atoms with Gasteiger partial charge in [0.2, 0.25) is 0 Å². The molecule has 140 valence electrons. The fraction of sp³-hybridized carbons (Fsp3) is 0.870. The van der Waals surface area contributed by atoms with Crippen LogP contribution in [0.25, 0.3) is 0 Å². The van der Waals surface area contributed by atoms with Crippen molar-refractivity contribution in [2.24, 2.45) is 40.4 Å². The first-order valence-corrected chi connectivity index (χ1v) is 10.9. The summed E-state index contributed by atoms with van der Waals surface area (Å²) >= 11 is 0. The summed E-state index contributed by atoms with van der Waals surface area (Å²) in [7, 11) is 0. The van der Waals surface area contributed by atoms with Crippen LogP contribution in [0.1, 0.15) is 79.5 Å². The zero-order chi connectivity index (χ0) is 17.2. The summed E-state index contributed by atoms with van der Waals surface area (Å²) in [6.45, 7) is 5.79. The number of hydrogen-bond acceptors (Lipinski definition) is 2. The van der Waals surface area contributed by atoms with Crippen LogP contribution < -0.4 is 29.6 Å². The molecule has 7 atom stereocenters. The fourth-order valence-corrected chi connectivity index (χ4v) is 8.49. The SMILES string of the molecule is C[C@]12CC[C@@H]3[C@H](CCC4CCCC[C@@]43C)C1CC[C@@H]2C1=CC(=O)OC1.[H-].[Na+]. The molecule has 0 radical (unpaired) electrons. The van der Waals surface area contributed by atoms with Crippen molar-refractivity contribution in [2.75, 3.05) is 6.61 Å². The van der Waals surface area contributed by atoms with Crippen molar-refractivity contribution in [3.63, 3.8) is 0 Å². The van der Waals surface area contributed by atoms with Crippen LogP contribution in [-0.2, 0) is 9.53 Å². The second kappa shape index (κ2) is 6.92. The number of cyclic esters (lactones) is 1. The Morgan fingerprint density at radius 2 is 1.77 bits per heavy atom. The van der Waals surface area contributed by atoms with Crippen LogP contribution in [0.2, 0.25) is 0 Å². The molecule has 0 saturated heterocycles. The van der Waals surface area contributed by atoms with Crippen molar-refractivity contribution in [1.82, 2.24) is 0 Å². The van der Waals surface area contributed by atoms with E-state index in [4.69, 9.17) is 4.74 Å². The molecule has 0 aromatic rings. The van der Waals surface area contributed by atoms with Crippen molar-refractivity contribution < 1.29 is 40.5 Å². The second-order valence-corrected chi connectivity index (χ2v) is 10.4. The van der Waals surface area contributed by atoms with Gasteiger partial charge in [-0.05, 0) is 97.4 Å². The van der Waals surface area contributed by atoms with E-state index in [0.717, 1.165) is 23.7 Å². The number of carbonyl (C=O) groups excluding carboxylic acids is 1. The van der Waals surface area contributed by atoms with Gasteiger partial charge in [0.25, 0.3) is 0 Å². The summed E-state index contributed by atoms with van der Waals surface area (Å²) in [6, 6.07) is 0. The molecule has 26 heavy (non-hydrogen) atoms. The third-order valence-corrected chi connectivity index (χ3v) is 9.72. The number of esters is 1. The minimum atomic E-state index is -0.106.